The number of carboxylic acid groups (broad SMARTS) is 1. The van der Waals surface area contributed by atoms with Crippen LogP contribution >= 0.6 is 0 Å². The van der Waals surface area contributed by atoms with Gasteiger partial charge in [-0.15, -0.1) is 0 Å². The molecule has 26 heavy (non-hydrogen) atoms. The standard InChI is InChI=1S/C11H8O3.C10H14N2/c12-10-8-4-2-1-3-7(8)5-6-9(10)11(13)14;1-12-7-3-5-10(12)9-4-2-6-11-8-9/h1-6,12H,(H,13,14);2,4,6,8,10H,3,5,7H2,1H3/t;10-/m.0/s1. The average molecular weight is 350 g/mol. The molecular formula is C21H22N2O3. The SMILES string of the molecule is CN1CCC[C@H]1c1cccnc1.O=C(O)c1ccc2ccccc2c1O. The first-order valence-electron chi connectivity index (χ1n) is 8.62. The van der Waals surface area contributed by atoms with Crippen molar-refractivity contribution in [2.45, 2.75) is 18.9 Å². The Morgan fingerprint density at radius 1 is 1.15 bits per heavy atom. The molecule has 2 heterocycles. The lowest BCUT2D eigenvalue weighted by atomic mass is 10.1. The van der Waals surface area contributed by atoms with Crippen molar-refractivity contribution in [3.8, 4) is 5.75 Å². The van der Waals surface area contributed by atoms with E-state index >= 15 is 0 Å². The van der Waals surface area contributed by atoms with Crippen LogP contribution in [-0.2, 0) is 0 Å². The maximum atomic E-state index is 10.7. The maximum absolute atomic E-state index is 10.7. The molecule has 1 fully saturated rings. The molecule has 1 aliphatic heterocycles. The number of benzene rings is 2. The predicted octanol–water partition coefficient (Wildman–Crippen LogP) is 4.09. The first kappa shape index (κ1) is 17.9. The van der Waals surface area contributed by atoms with Gasteiger partial charge in [-0.1, -0.05) is 36.4 Å². The number of aromatic hydroxyl groups is 1. The Bertz CT molecular complexity index is 896. The van der Waals surface area contributed by atoms with E-state index in [0.717, 1.165) is 5.39 Å². The quantitative estimate of drug-likeness (QED) is 0.728. The molecule has 1 aromatic heterocycles. The lowest BCUT2D eigenvalue weighted by molar-refractivity contribution is 0.0694. The third kappa shape index (κ3) is 3.83. The van der Waals surface area contributed by atoms with Crippen LogP contribution in [0.2, 0.25) is 0 Å². The molecule has 0 saturated carbocycles. The topological polar surface area (TPSA) is 73.7 Å². The van der Waals surface area contributed by atoms with Crippen LogP contribution in [0.25, 0.3) is 10.8 Å². The van der Waals surface area contributed by atoms with Crippen molar-refractivity contribution in [1.29, 1.82) is 0 Å². The van der Waals surface area contributed by atoms with Gasteiger partial charge >= 0.3 is 5.97 Å². The van der Waals surface area contributed by atoms with Crippen LogP contribution in [0.5, 0.6) is 5.75 Å². The zero-order valence-electron chi connectivity index (χ0n) is 14.7. The molecule has 0 radical (unpaired) electrons. The Morgan fingerprint density at radius 2 is 1.96 bits per heavy atom. The van der Waals surface area contributed by atoms with Crippen molar-refractivity contribution in [3.05, 3.63) is 72.1 Å². The number of phenols is 1. The van der Waals surface area contributed by atoms with E-state index in [1.165, 1.54) is 31.0 Å². The number of likely N-dealkylation sites (tertiary alicyclic amines) is 1. The second kappa shape index (κ2) is 7.97. The minimum absolute atomic E-state index is 0.0660. The van der Waals surface area contributed by atoms with Crippen LogP contribution in [-0.4, -0.2) is 39.7 Å². The minimum Gasteiger partial charge on any atom is -0.506 e. The number of hydrogen-bond donors (Lipinski definition) is 2. The molecule has 0 spiro atoms. The number of carbonyl (C=O) groups is 1. The van der Waals surface area contributed by atoms with E-state index in [4.69, 9.17) is 5.11 Å². The summed E-state index contributed by atoms with van der Waals surface area (Å²) in [6.07, 6.45) is 6.41. The van der Waals surface area contributed by atoms with Crippen molar-refractivity contribution in [1.82, 2.24) is 9.88 Å². The van der Waals surface area contributed by atoms with E-state index < -0.39 is 5.97 Å². The van der Waals surface area contributed by atoms with Crippen molar-refractivity contribution >= 4 is 16.7 Å². The maximum Gasteiger partial charge on any atom is 0.339 e. The molecule has 1 atom stereocenters. The predicted molar refractivity (Wildman–Crippen MR) is 101 cm³/mol. The fourth-order valence-corrected chi connectivity index (χ4v) is 3.33. The molecule has 0 bridgehead atoms. The molecule has 4 rings (SSSR count). The average Bonchev–Trinajstić information content (AvgIpc) is 3.09. The van der Waals surface area contributed by atoms with Crippen molar-refractivity contribution in [2.75, 3.05) is 13.6 Å². The molecule has 0 aliphatic carbocycles. The first-order chi connectivity index (χ1) is 12.6. The Balaban J connectivity index is 0.000000152. The Kier molecular flexibility index (Phi) is 5.49. The number of fused-ring (bicyclic) bond motifs is 1. The van der Waals surface area contributed by atoms with Crippen LogP contribution in [0.3, 0.4) is 0 Å². The molecule has 3 aromatic rings. The Morgan fingerprint density at radius 3 is 2.62 bits per heavy atom. The van der Waals surface area contributed by atoms with E-state index in [-0.39, 0.29) is 11.3 Å². The van der Waals surface area contributed by atoms with Gasteiger partial charge in [0.2, 0.25) is 0 Å². The summed E-state index contributed by atoms with van der Waals surface area (Å²) in [4.78, 5) is 17.2. The molecule has 0 amide bonds. The normalized spacial score (nSPS) is 16.9. The molecule has 5 nitrogen and oxygen atoms in total. The molecular weight excluding hydrogens is 328 g/mol. The zero-order chi connectivity index (χ0) is 18.5. The van der Waals surface area contributed by atoms with Gasteiger partial charge in [0.15, 0.2) is 0 Å². The van der Waals surface area contributed by atoms with E-state index in [0.29, 0.717) is 11.4 Å². The highest BCUT2D eigenvalue weighted by atomic mass is 16.4. The van der Waals surface area contributed by atoms with Gasteiger partial charge in [-0.25, -0.2) is 4.79 Å². The fraction of sp³-hybridized carbons (Fsp3) is 0.238. The number of hydrogen-bond acceptors (Lipinski definition) is 4. The van der Waals surface area contributed by atoms with E-state index in [1.54, 1.807) is 18.2 Å². The van der Waals surface area contributed by atoms with Crippen LogP contribution in [0.15, 0.2) is 60.9 Å². The van der Waals surface area contributed by atoms with Gasteiger partial charge in [0.05, 0.1) is 0 Å². The van der Waals surface area contributed by atoms with Gasteiger partial charge in [0, 0.05) is 23.8 Å². The first-order valence-corrected chi connectivity index (χ1v) is 8.62. The highest BCUT2D eigenvalue weighted by molar-refractivity contribution is 6.00. The van der Waals surface area contributed by atoms with Crippen molar-refractivity contribution < 1.29 is 15.0 Å². The molecule has 1 aliphatic rings. The van der Waals surface area contributed by atoms with Gasteiger partial charge in [0.1, 0.15) is 11.3 Å². The summed E-state index contributed by atoms with van der Waals surface area (Å²) in [7, 11) is 2.19. The number of aromatic carboxylic acids is 1. The van der Waals surface area contributed by atoms with E-state index in [1.807, 2.05) is 30.6 Å². The lowest BCUT2D eigenvalue weighted by Crippen LogP contribution is -2.17. The van der Waals surface area contributed by atoms with Gasteiger partial charge in [-0.2, -0.15) is 0 Å². The monoisotopic (exact) mass is 350 g/mol. The van der Waals surface area contributed by atoms with Crippen molar-refractivity contribution in [2.24, 2.45) is 0 Å². The number of aromatic nitrogens is 1. The number of nitrogens with zero attached hydrogens (tertiary/aromatic N) is 2. The summed E-state index contributed by atoms with van der Waals surface area (Å²) in [6, 6.07) is 15.0. The van der Waals surface area contributed by atoms with Crippen LogP contribution in [0.4, 0.5) is 0 Å². The summed E-state index contributed by atoms with van der Waals surface area (Å²) in [5.74, 6) is -1.29. The number of pyridine rings is 1. The third-order valence-electron chi connectivity index (χ3n) is 4.72. The fourth-order valence-electron chi connectivity index (χ4n) is 3.33. The summed E-state index contributed by atoms with van der Waals surface area (Å²) < 4.78 is 0. The second-order valence-electron chi connectivity index (χ2n) is 6.41. The van der Waals surface area contributed by atoms with Gasteiger partial charge in [-0.3, -0.25) is 9.88 Å². The Labute approximate surface area is 152 Å². The molecule has 0 unspecified atom stereocenters. The van der Waals surface area contributed by atoms with Crippen molar-refractivity contribution in [3.63, 3.8) is 0 Å². The summed E-state index contributed by atoms with van der Waals surface area (Å²) in [5, 5.41) is 19.8. The van der Waals surface area contributed by atoms with Gasteiger partial charge in [0.25, 0.3) is 0 Å². The minimum atomic E-state index is -1.12. The van der Waals surface area contributed by atoms with Gasteiger partial charge < -0.3 is 10.2 Å². The summed E-state index contributed by atoms with van der Waals surface area (Å²) in [5.41, 5.74) is 1.29. The molecule has 2 aromatic carbocycles. The highest BCUT2D eigenvalue weighted by Crippen LogP contribution is 2.29. The number of rotatable bonds is 2. The highest BCUT2D eigenvalue weighted by Gasteiger charge is 2.22. The molecule has 134 valence electrons. The van der Waals surface area contributed by atoms with E-state index in [2.05, 4.69) is 23.0 Å². The Hall–Kier alpha value is -2.92. The van der Waals surface area contributed by atoms with Gasteiger partial charge in [-0.05, 0) is 49.5 Å². The van der Waals surface area contributed by atoms with Crippen LogP contribution in [0, 0.1) is 0 Å². The molecule has 5 heteroatoms. The lowest BCUT2D eigenvalue weighted by Gasteiger charge is -2.18. The summed E-state index contributed by atoms with van der Waals surface area (Å²) >= 11 is 0. The third-order valence-corrected chi connectivity index (χ3v) is 4.72. The van der Waals surface area contributed by atoms with Crippen LogP contribution < -0.4 is 0 Å². The van der Waals surface area contributed by atoms with Crippen LogP contribution in [0.1, 0.15) is 34.8 Å². The smallest absolute Gasteiger partial charge is 0.339 e. The molecule has 1 saturated heterocycles. The molecule has 2 N–H and O–H groups in total. The second-order valence-corrected chi connectivity index (χ2v) is 6.41. The zero-order valence-corrected chi connectivity index (χ0v) is 14.7. The number of carboxylic acids is 1. The largest absolute Gasteiger partial charge is 0.506 e. The summed E-state index contributed by atoms with van der Waals surface area (Å²) in [6.45, 7) is 1.22. The van der Waals surface area contributed by atoms with E-state index in [9.17, 15) is 9.90 Å².